The van der Waals surface area contributed by atoms with E-state index in [-0.39, 0.29) is 0 Å². The zero-order chi connectivity index (χ0) is 16.6. The van der Waals surface area contributed by atoms with Gasteiger partial charge in [0.05, 0.1) is 6.20 Å². The molecule has 24 heavy (non-hydrogen) atoms. The van der Waals surface area contributed by atoms with Crippen LogP contribution >= 0.6 is 11.6 Å². The molecule has 0 spiro atoms. The molecule has 2 aromatic carbocycles. The molecule has 0 fully saturated rings. The summed E-state index contributed by atoms with van der Waals surface area (Å²) in [6.45, 7) is 0.824. The fraction of sp³-hybridized carbons (Fsp3) is 0.167. The summed E-state index contributed by atoms with van der Waals surface area (Å²) in [5, 5.41) is 15.0. The minimum Gasteiger partial charge on any atom is -0.369 e. The summed E-state index contributed by atoms with van der Waals surface area (Å²) >= 11 is 5.97. The SMILES string of the molecule is Clc1cccc(Nc2nncc(NCCCc3ccccc3)n2)c1. The Morgan fingerprint density at radius 3 is 2.71 bits per heavy atom. The van der Waals surface area contributed by atoms with E-state index in [1.165, 1.54) is 5.56 Å². The molecule has 0 saturated carbocycles. The summed E-state index contributed by atoms with van der Waals surface area (Å²) in [6, 6.07) is 17.8. The molecule has 0 radical (unpaired) electrons. The Morgan fingerprint density at radius 1 is 1.00 bits per heavy atom. The molecule has 0 aliphatic rings. The Kier molecular flexibility index (Phi) is 5.58. The Hall–Kier alpha value is -2.66. The fourth-order valence-corrected chi connectivity index (χ4v) is 2.48. The van der Waals surface area contributed by atoms with E-state index in [0.717, 1.165) is 25.1 Å². The van der Waals surface area contributed by atoms with E-state index in [9.17, 15) is 0 Å². The van der Waals surface area contributed by atoms with E-state index in [4.69, 9.17) is 11.6 Å². The van der Waals surface area contributed by atoms with Crippen molar-refractivity contribution >= 4 is 29.1 Å². The van der Waals surface area contributed by atoms with Crippen LogP contribution < -0.4 is 10.6 Å². The first-order valence-corrected chi connectivity index (χ1v) is 8.17. The summed E-state index contributed by atoms with van der Waals surface area (Å²) in [6.07, 6.45) is 3.66. The normalized spacial score (nSPS) is 10.4. The number of rotatable bonds is 7. The highest BCUT2D eigenvalue weighted by atomic mass is 35.5. The van der Waals surface area contributed by atoms with E-state index in [0.29, 0.717) is 16.8 Å². The molecule has 1 aromatic heterocycles. The van der Waals surface area contributed by atoms with Crippen molar-refractivity contribution in [3.05, 3.63) is 71.4 Å². The number of nitrogens with one attached hydrogen (secondary N) is 2. The van der Waals surface area contributed by atoms with Crippen LogP contribution in [0, 0.1) is 0 Å². The molecule has 2 N–H and O–H groups in total. The van der Waals surface area contributed by atoms with Crippen molar-refractivity contribution in [3.8, 4) is 0 Å². The molecule has 0 bridgehead atoms. The van der Waals surface area contributed by atoms with Gasteiger partial charge < -0.3 is 10.6 Å². The van der Waals surface area contributed by atoms with Crippen LogP contribution in [0.1, 0.15) is 12.0 Å². The number of aryl methyl sites for hydroxylation is 1. The van der Waals surface area contributed by atoms with Crippen LogP contribution in [0.25, 0.3) is 0 Å². The lowest BCUT2D eigenvalue weighted by atomic mass is 10.1. The van der Waals surface area contributed by atoms with Gasteiger partial charge in [-0.3, -0.25) is 0 Å². The van der Waals surface area contributed by atoms with Crippen molar-refractivity contribution in [3.63, 3.8) is 0 Å². The second-order valence-corrected chi connectivity index (χ2v) is 5.75. The lowest BCUT2D eigenvalue weighted by Crippen LogP contribution is -2.07. The molecule has 5 nitrogen and oxygen atoms in total. The second-order valence-electron chi connectivity index (χ2n) is 5.32. The summed E-state index contributed by atoms with van der Waals surface area (Å²) in [5.41, 5.74) is 2.16. The van der Waals surface area contributed by atoms with E-state index in [1.54, 1.807) is 6.20 Å². The lowest BCUT2D eigenvalue weighted by Gasteiger charge is -2.08. The molecule has 1 heterocycles. The third kappa shape index (κ3) is 4.93. The van der Waals surface area contributed by atoms with Crippen molar-refractivity contribution in [2.75, 3.05) is 17.2 Å². The molecule has 0 amide bonds. The summed E-state index contributed by atoms with van der Waals surface area (Å²) in [5.74, 6) is 1.13. The van der Waals surface area contributed by atoms with Crippen molar-refractivity contribution in [2.24, 2.45) is 0 Å². The minimum atomic E-state index is 0.435. The number of halogens is 1. The van der Waals surface area contributed by atoms with Gasteiger partial charge >= 0.3 is 0 Å². The van der Waals surface area contributed by atoms with Gasteiger partial charge in [0.1, 0.15) is 0 Å². The van der Waals surface area contributed by atoms with Crippen molar-refractivity contribution in [1.29, 1.82) is 0 Å². The zero-order valence-electron chi connectivity index (χ0n) is 13.1. The number of aromatic nitrogens is 3. The van der Waals surface area contributed by atoms with Gasteiger partial charge in [0, 0.05) is 17.3 Å². The quantitative estimate of drug-likeness (QED) is 0.628. The molecule has 3 rings (SSSR count). The molecule has 0 aliphatic carbocycles. The van der Waals surface area contributed by atoms with E-state index >= 15 is 0 Å². The van der Waals surface area contributed by atoms with Crippen LogP contribution in [0.2, 0.25) is 5.02 Å². The van der Waals surface area contributed by atoms with Gasteiger partial charge in [-0.1, -0.05) is 48.0 Å². The van der Waals surface area contributed by atoms with Crippen molar-refractivity contribution < 1.29 is 0 Å². The maximum absolute atomic E-state index is 5.97. The summed E-state index contributed by atoms with van der Waals surface area (Å²) < 4.78 is 0. The fourth-order valence-electron chi connectivity index (χ4n) is 2.29. The van der Waals surface area contributed by atoms with Crippen LogP contribution in [0.15, 0.2) is 60.8 Å². The van der Waals surface area contributed by atoms with Crippen LogP contribution in [-0.2, 0) is 6.42 Å². The number of anilines is 3. The van der Waals surface area contributed by atoms with Gasteiger partial charge in [-0.15, -0.1) is 5.10 Å². The highest BCUT2D eigenvalue weighted by Gasteiger charge is 2.02. The average molecular weight is 340 g/mol. The van der Waals surface area contributed by atoms with E-state index in [1.807, 2.05) is 30.3 Å². The van der Waals surface area contributed by atoms with Gasteiger partial charge in [0.25, 0.3) is 0 Å². The standard InChI is InChI=1S/C18H18ClN5/c19-15-9-4-10-16(12-15)22-18-23-17(13-21-24-18)20-11-5-8-14-6-2-1-3-7-14/h1-4,6-7,9-10,12-13H,5,8,11H2,(H2,20,22,23,24). The predicted octanol–water partition coefficient (Wildman–Crippen LogP) is 4.31. The monoisotopic (exact) mass is 339 g/mol. The Morgan fingerprint density at radius 2 is 1.88 bits per heavy atom. The maximum Gasteiger partial charge on any atom is 0.249 e. The van der Waals surface area contributed by atoms with Gasteiger partial charge in [0.2, 0.25) is 5.95 Å². The van der Waals surface area contributed by atoms with Gasteiger partial charge in [-0.25, -0.2) is 0 Å². The van der Waals surface area contributed by atoms with E-state index in [2.05, 4.69) is 50.1 Å². The topological polar surface area (TPSA) is 62.7 Å². The van der Waals surface area contributed by atoms with Crippen molar-refractivity contribution in [1.82, 2.24) is 15.2 Å². The average Bonchev–Trinajstić information content (AvgIpc) is 2.60. The van der Waals surface area contributed by atoms with Gasteiger partial charge in [0.15, 0.2) is 5.82 Å². The first-order valence-electron chi connectivity index (χ1n) is 7.80. The third-order valence-corrected chi connectivity index (χ3v) is 3.67. The minimum absolute atomic E-state index is 0.435. The van der Waals surface area contributed by atoms with Gasteiger partial charge in [-0.05, 0) is 36.6 Å². The van der Waals surface area contributed by atoms with Crippen LogP contribution in [0.3, 0.4) is 0 Å². The maximum atomic E-state index is 5.97. The number of nitrogens with zero attached hydrogens (tertiary/aromatic N) is 3. The number of benzene rings is 2. The molecule has 6 heteroatoms. The zero-order valence-corrected chi connectivity index (χ0v) is 13.9. The molecule has 0 saturated heterocycles. The molecule has 122 valence electrons. The molecular weight excluding hydrogens is 322 g/mol. The Bertz CT molecular complexity index is 779. The first-order chi connectivity index (χ1) is 11.8. The highest BCUT2D eigenvalue weighted by Crippen LogP contribution is 2.18. The van der Waals surface area contributed by atoms with Gasteiger partial charge in [-0.2, -0.15) is 10.1 Å². The third-order valence-electron chi connectivity index (χ3n) is 3.43. The molecule has 0 unspecified atom stereocenters. The highest BCUT2D eigenvalue weighted by molar-refractivity contribution is 6.30. The largest absolute Gasteiger partial charge is 0.369 e. The molecule has 0 atom stereocenters. The number of hydrogen-bond acceptors (Lipinski definition) is 5. The van der Waals surface area contributed by atoms with Crippen LogP contribution in [0.5, 0.6) is 0 Å². The Labute approximate surface area is 146 Å². The van der Waals surface area contributed by atoms with Crippen LogP contribution in [0.4, 0.5) is 17.5 Å². The van der Waals surface area contributed by atoms with E-state index < -0.39 is 0 Å². The predicted molar refractivity (Wildman–Crippen MR) is 97.8 cm³/mol. The lowest BCUT2D eigenvalue weighted by molar-refractivity contribution is 0.853. The number of hydrogen-bond donors (Lipinski definition) is 2. The summed E-state index contributed by atoms with van der Waals surface area (Å²) in [4.78, 5) is 4.40. The second kappa shape index (κ2) is 8.26. The Balaban J connectivity index is 1.51. The smallest absolute Gasteiger partial charge is 0.249 e. The van der Waals surface area contributed by atoms with Crippen molar-refractivity contribution in [2.45, 2.75) is 12.8 Å². The molecule has 0 aliphatic heterocycles. The first kappa shape index (κ1) is 16.2. The van der Waals surface area contributed by atoms with Crippen LogP contribution in [-0.4, -0.2) is 21.7 Å². The molecule has 3 aromatic rings. The summed E-state index contributed by atoms with van der Waals surface area (Å²) in [7, 11) is 0. The molecular formula is C18H18ClN5.